The molecule has 34 heavy (non-hydrogen) atoms. The first-order valence-corrected chi connectivity index (χ1v) is 10.8. The number of nitrogens with zero attached hydrogens (tertiary/aromatic N) is 3. The number of methoxy groups -OCH3 is 1. The van der Waals surface area contributed by atoms with E-state index in [2.05, 4.69) is 20.6 Å². The fourth-order valence-electron chi connectivity index (χ4n) is 3.86. The van der Waals surface area contributed by atoms with Crippen molar-refractivity contribution in [2.24, 2.45) is 11.7 Å². The van der Waals surface area contributed by atoms with Crippen LogP contribution in [0.5, 0.6) is 0 Å². The number of likely N-dealkylation sites (N-methyl/N-ethyl adjacent to an activating group) is 1. The van der Waals surface area contributed by atoms with Crippen molar-refractivity contribution in [3.63, 3.8) is 0 Å². The van der Waals surface area contributed by atoms with Crippen LogP contribution in [0.15, 0.2) is 12.5 Å². The number of fused-ring (bicyclic) bond motifs is 1. The molecule has 1 fully saturated rings. The van der Waals surface area contributed by atoms with Gasteiger partial charge in [-0.25, -0.2) is 9.97 Å². The van der Waals surface area contributed by atoms with Gasteiger partial charge in [0.1, 0.15) is 30.0 Å². The molecule has 1 aliphatic rings. The molecular weight excluding hydrogens is 518 g/mol. The second kappa shape index (κ2) is 14.0. The van der Waals surface area contributed by atoms with Crippen LogP contribution in [-0.4, -0.2) is 76.6 Å². The van der Waals surface area contributed by atoms with Gasteiger partial charge in [-0.1, -0.05) is 27.7 Å². The SMILES string of the molecule is CC.CNC(C(=O)Nc1ncnc2c1c(C(N)=O)cn2C1OC(C[O-])C(O)C1OC)C(C)C.[Rb+]. The molecule has 0 bridgehead atoms. The molecule has 2 aromatic rings. The summed E-state index contributed by atoms with van der Waals surface area (Å²) in [6, 6.07) is -0.492. The number of rotatable bonds is 8. The number of aliphatic hydroxyl groups excluding tert-OH is 1. The van der Waals surface area contributed by atoms with Crippen LogP contribution in [0.4, 0.5) is 5.82 Å². The Morgan fingerprint density at radius 2 is 2.00 bits per heavy atom. The van der Waals surface area contributed by atoms with Crippen molar-refractivity contribution in [3.8, 4) is 0 Å². The summed E-state index contributed by atoms with van der Waals surface area (Å²) >= 11 is 0. The average molecular weight is 551 g/mol. The summed E-state index contributed by atoms with van der Waals surface area (Å²) in [5.41, 5.74) is 5.85. The second-order valence-corrected chi connectivity index (χ2v) is 7.66. The molecule has 184 valence electrons. The predicted octanol–water partition coefficient (Wildman–Crippen LogP) is -3.62. The molecule has 12 nitrogen and oxygen atoms in total. The number of hydrogen-bond donors (Lipinski definition) is 4. The third-order valence-corrected chi connectivity index (χ3v) is 5.40. The summed E-state index contributed by atoms with van der Waals surface area (Å²) in [6.07, 6.45) is -1.35. The first kappa shape index (κ1) is 31.2. The largest absolute Gasteiger partial charge is 1.00 e. The van der Waals surface area contributed by atoms with Gasteiger partial charge in [0.15, 0.2) is 6.23 Å². The molecule has 5 N–H and O–H groups in total. The van der Waals surface area contributed by atoms with E-state index in [1.54, 1.807) is 7.05 Å². The minimum Gasteiger partial charge on any atom is -0.853 e. The smallest absolute Gasteiger partial charge is 0.853 e. The van der Waals surface area contributed by atoms with Crippen molar-refractivity contribution >= 4 is 28.7 Å². The maximum absolute atomic E-state index is 12.7. The van der Waals surface area contributed by atoms with E-state index in [9.17, 15) is 19.8 Å². The van der Waals surface area contributed by atoms with E-state index in [4.69, 9.17) is 15.2 Å². The van der Waals surface area contributed by atoms with E-state index in [0.29, 0.717) is 0 Å². The molecule has 0 spiro atoms. The molecule has 2 amide bonds. The molecule has 3 rings (SSSR count). The van der Waals surface area contributed by atoms with Gasteiger partial charge in [-0.2, -0.15) is 0 Å². The standard InChI is InChI=1S/C19H27N6O6.C2H6.Rb/c1-8(2)12(21-3)18(29)24-16-11-9(15(20)28)5-25(17(11)23-7-22-16)19-14(30-4)13(27)10(6-26)31-19;1-2;/h5,7-8,10,12-14,19,21,27H,6H2,1-4H3,(H2,20,28)(H,22,23,24,29);1-2H3;/q-1;;+1. The summed E-state index contributed by atoms with van der Waals surface area (Å²) in [7, 11) is 3.05. The molecule has 5 atom stereocenters. The summed E-state index contributed by atoms with van der Waals surface area (Å²) in [5.74, 6) is -0.996. The van der Waals surface area contributed by atoms with E-state index >= 15 is 0 Å². The summed E-state index contributed by atoms with van der Waals surface area (Å²) in [4.78, 5) is 33.3. The Balaban J connectivity index is 0.00000188. The number of carbonyl (C=O) groups excluding carboxylic acids is 2. The van der Waals surface area contributed by atoms with Gasteiger partial charge in [-0.3, -0.25) is 9.59 Å². The number of aromatic nitrogens is 3. The fourth-order valence-corrected chi connectivity index (χ4v) is 3.86. The monoisotopic (exact) mass is 550 g/mol. The van der Waals surface area contributed by atoms with Gasteiger partial charge in [0.05, 0.1) is 23.1 Å². The molecule has 0 saturated carbocycles. The number of nitrogens with one attached hydrogen (secondary N) is 2. The Kier molecular flexibility index (Phi) is 12.9. The minimum absolute atomic E-state index is 0. The predicted molar refractivity (Wildman–Crippen MR) is 119 cm³/mol. The molecule has 2 aromatic heterocycles. The van der Waals surface area contributed by atoms with E-state index in [1.807, 2.05) is 27.7 Å². The van der Waals surface area contributed by atoms with Crippen molar-refractivity contribution in [2.45, 2.75) is 58.3 Å². The Bertz CT molecular complexity index is 971. The van der Waals surface area contributed by atoms with Gasteiger partial charge < -0.3 is 40.6 Å². The van der Waals surface area contributed by atoms with Gasteiger partial charge in [0.25, 0.3) is 5.91 Å². The normalized spacial score (nSPS) is 22.6. The number of anilines is 1. The number of ether oxygens (including phenoxy) is 2. The fraction of sp³-hybridized carbons (Fsp3) is 0.619. The van der Waals surface area contributed by atoms with Crippen LogP contribution in [0.3, 0.4) is 0 Å². The number of hydrogen-bond acceptors (Lipinski definition) is 9. The molecule has 0 aliphatic carbocycles. The molecule has 13 heteroatoms. The number of primary amides is 1. The zero-order valence-corrected chi connectivity index (χ0v) is 25.6. The zero-order chi connectivity index (χ0) is 24.9. The van der Waals surface area contributed by atoms with Gasteiger partial charge in [-0.15, -0.1) is 6.61 Å². The number of aliphatic hydroxyl groups is 1. The van der Waals surface area contributed by atoms with Crippen LogP contribution < -0.4 is 79.7 Å². The van der Waals surface area contributed by atoms with Crippen molar-refractivity contribution < 1.29 is 87.5 Å². The zero-order valence-electron chi connectivity index (χ0n) is 20.7. The van der Waals surface area contributed by atoms with Crippen LogP contribution in [0.2, 0.25) is 0 Å². The maximum Gasteiger partial charge on any atom is 1.00 e. The molecule has 1 saturated heterocycles. The Hall–Kier alpha value is -0.835. The van der Waals surface area contributed by atoms with Crippen LogP contribution in [0.25, 0.3) is 11.0 Å². The number of carbonyl (C=O) groups is 2. The van der Waals surface area contributed by atoms with Gasteiger partial charge in [0, 0.05) is 13.3 Å². The summed E-state index contributed by atoms with van der Waals surface area (Å²) in [6.45, 7) is 7.11. The van der Waals surface area contributed by atoms with Gasteiger partial charge in [0.2, 0.25) is 5.91 Å². The van der Waals surface area contributed by atoms with E-state index in [0.717, 1.165) is 0 Å². The number of nitrogens with two attached hydrogens (primary N) is 1. The topological polar surface area (TPSA) is 177 Å². The summed E-state index contributed by atoms with van der Waals surface area (Å²) < 4.78 is 12.5. The third-order valence-electron chi connectivity index (χ3n) is 5.40. The first-order valence-electron chi connectivity index (χ1n) is 10.8. The Morgan fingerprint density at radius 1 is 1.35 bits per heavy atom. The minimum atomic E-state index is -1.16. The van der Waals surface area contributed by atoms with Crippen LogP contribution in [0.1, 0.15) is 44.3 Å². The Morgan fingerprint density at radius 3 is 2.50 bits per heavy atom. The van der Waals surface area contributed by atoms with Crippen LogP contribution in [-0.2, 0) is 14.3 Å². The molecule has 0 aromatic carbocycles. The van der Waals surface area contributed by atoms with E-state index in [1.165, 1.54) is 24.2 Å². The molecule has 1 aliphatic heterocycles. The molecular formula is C21H33N6O6Rb. The van der Waals surface area contributed by atoms with E-state index in [-0.39, 0.29) is 92.4 Å². The first-order chi connectivity index (χ1) is 15.7. The molecule has 5 unspecified atom stereocenters. The van der Waals surface area contributed by atoms with Crippen molar-refractivity contribution in [3.05, 3.63) is 18.1 Å². The quantitative estimate of drug-likeness (QED) is 0.258. The van der Waals surface area contributed by atoms with Gasteiger partial charge in [-0.05, 0) is 13.0 Å². The summed E-state index contributed by atoms with van der Waals surface area (Å²) in [5, 5.41) is 27.6. The average Bonchev–Trinajstić information content (AvgIpc) is 3.33. The van der Waals surface area contributed by atoms with Crippen molar-refractivity contribution in [1.82, 2.24) is 19.9 Å². The number of amides is 2. The van der Waals surface area contributed by atoms with Crippen LogP contribution >= 0.6 is 0 Å². The van der Waals surface area contributed by atoms with Gasteiger partial charge >= 0.3 is 58.2 Å². The third kappa shape index (κ3) is 6.29. The van der Waals surface area contributed by atoms with Crippen molar-refractivity contribution in [1.29, 1.82) is 0 Å². The Labute approximate surface area is 247 Å². The van der Waals surface area contributed by atoms with Crippen molar-refractivity contribution in [2.75, 3.05) is 26.1 Å². The molecule has 3 heterocycles. The van der Waals surface area contributed by atoms with Crippen LogP contribution in [0, 0.1) is 5.92 Å². The second-order valence-electron chi connectivity index (χ2n) is 7.66. The van der Waals surface area contributed by atoms with E-state index < -0.39 is 43.1 Å². The maximum atomic E-state index is 12.7. The molecule has 0 radical (unpaired) electrons.